The first-order chi connectivity index (χ1) is 12.4. The van der Waals surface area contributed by atoms with Crippen molar-refractivity contribution in [2.75, 3.05) is 18.4 Å². The smallest absolute Gasteiger partial charge is 0.235 e. The Labute approximate surface area is 157 Å². The van der Waals surface area contributed by atoms with E-state index in [-0.39, 0.29) is 17.2 Å². The Balaban J connectivity index is 1.39. The number of thiazole rings is 1. The van der Waals surface area contributed by atoms with Crippen molar-refractivity contribution in [3.8, 4) is 0 Å². The van der Waals surface area contributed by atoms with E-state index < -0.39 is 0 Å². The highest BCUT2D eigenvalue weighted by molar-refractivity contribution is 7.13. The first kappa shape index (κ1) is 17.6. The Morgan fingerprint density at radius 2 is 2.31 bits per heavy atom. The van der Waals surface area contributed by atoms with Crippen molar-refractivity contribution in [2.45, 2.75) is 51.6 Å². The fraction of sp³-hybridized carbons (Fsp3) is 0.667. The van der Waals surface area contributed by atoms with Gasteiger partial charge in [0.15, 0.2) is 5.13 Å². The zero-order valence-corrected chi connectivity index (χ0v) is 16.4. The van der Waals surface area contributed by atoms with Crippen LogP contribution in [0.15, 0.2) is 17.8 Å². The predicted octanol–water partition coefficient (Wildman–Crippen LogP) is 0.964. The van der Waals surface area contributed by atoms with Gasteiger partial charge in [-0.25, -0.2) is 9.67 Å². The number of quaternary nitrogens is 1. The molecule has 7 nitrogen and oxygen atoms in total. The molecule has 2 aromatic rings. The average Bonchev–Trinajstić information content (AvgIpc) is 3.27. The van der Waals surface area contributed by atoms with E-state index in [1.54, 1.807) is 6.20 Å². The second-order valence-corrected chi connectivity index (χ2v) is 9.50. The Hall–Kier alpha value is -1.80. The second-order valence-electron chi connectivity index (χ2n) is 8.60. The number of rotatable bonds is 4. The average molecular weight is 376 g/mol. The first-order valence-corrected chi connectivity index (χ1v) is 10.2. The minimum Gasteiger partial charge on any atom is -0.330 e. The fourth-order valence-electron chi connectivity index (χ4n) is 4.26. The SMILES string of the molecule is CC(C)(C)c1cn(C[C@H]2C[C@H]3CC[NH+]2C[C@@H]3C(=O)Nc2nccs2)nn1. The van der Waals surface area contributed by atoms with Crippen molar-refractivity contribution in [2.24, 2.45) is 11.8 Å². The summed E-state index contributed by atoms with van der Waals surface area (Å²) in [5.74, 6) is 0.694. The number of nitrogens with one attached hydrogen (secondary N) is 2. The lowest BCUT2D eigenvalue weighted by Crippen LogP contribution is -3.20. The largest absolute Gasteiger partial charge is 0.330 e. The Bertz CT molecular complexity index is 765. The molecule has 1 amide bonds. The summed E-state index contributed by atoms with van der Waals surface area (Å²) in [6.45, 7) is 9.42. The van der Waals surface area contributed by atoms with Crippen LogP contribution in [0, 0.1) is 11.8 Å². The van der Waals surface area contributed by atoms with Crippen LogP contribution < -0.4 is 10.2 Å². The number of nitrogens with zero attached hydrogens (tertiary/aromatic N) is 4. The van der Waals surface area contributed by atoms with E-state index in [9.17, 15) is 4.79 Å². The van der Waals surface area contributed by atoms with Gasteiger partial charge in [-0.2, -0.15) is 0 Å². The van der Waals surface area contributed by atoms with Crippen LogP contribution in [-0.2, 0) is 16.8 Å². The standard InChI is InChI=1S/C18H26N6OS/c1-18(2,3)15-11-24(22-21-15)9-13-8-12-4-6-23(13)10-14(12)16(25)20-17-19-5-7-26-17/h5,7,11-14H,4,6,8-10H2,1-3H3,(H,19,20,25)/p+1/t12-,13-,14+/m1/s1. The van der Waals surface area contributed by atoms with Crippen LogP contribution in [0.25, 0.3) is 0 Å². The topological polar surface area (TPSA) is 77.1 Å². The third-order valence-corrected chi connectivity index (χ3v) is 6.45. The van der Waals surface area contributed by atoms with E-state index in [0.717, 1.165) is 38.2 Å². The van der Waals surface area contributed by atoms with E-state index in [1.165, 1.54) is 16.2 Å². The molecule has 3 fully saturated rings. The summed E-state index contributed by atoms with van der Waals surface area (Å²) in [4.78, 5) is 18.3. The van der Waals surface area contributed by atoms with Crippen molar-refractivity contribution >= 4 is 22.4 Å². The maximum absolute atomic E-state index is 12.6. The molecule has 0 aliphatic carbocycles. The van der Waals surface area contributed by atoms with Crippen LogP contribution in [0.5, 0.6) is 0 Å². The zero-order valence-electron chi connectivity index (χ0n) is 15.6. The Kier molecular flexibility index (Phi) is 4.56. The number of hydrogen-bond acceptors (Lipinski definition) is 5. The number of fused-ring (bicyclic) bond motifs is 3. The van der Waals surface area contributed by atoms with Gasteiger partial charge in [-0.05, 0) is 5.92 Å². The molecule has 4 atom stereocenters. The number of hydrogen-bond donors (Lipinski definition) is 2. The molecule has 5 rings (SSSR count). The van der Waals surface area contributed by atoms with Gasteiger partial charge >= 0.3 is 0 Å². The molecule has 0 saturated carbocycles. The van der Waals surface area contributed by atoms with Crippen molar-refractivity contribution < 1.29 is 9.69 Å². The molecule has 3 saturated heterocycles. The molecule has 26 heavy (non-hydrogen) atoms. The first-order valence-electron chi connectivity index (χ1n) is 9.35. The van der Waals surface area contributed by atoms with Crippen molar-refractivity contribution in [3.63, 3.8) is 0 Å². The number of carbonyl (C=O) groups is 1. The van der Waals surface area contributed by atoms with Crippen LogP contribution in [0.3, 0.4) is 0 Å². The van der Waals surface area contributed by atoms with Gasteiger partial charge in [0.1, 0.15) is 6.04 Å². The van der Waals surface area contributed by atoms with E-state index in [1.807, 2.05) is 10.1 Å². The maximum Gasteiger partial charge on any atom is 0.235 e. The summed E-state index contributed by atoms with van der Waals surface area (Å²) in [5, 5.41) is 14.2. The molecular formula is C18H27N6OS+. The molecule has 0 radical (unpaired) electrons. The van der Waals surface area contributed by atoms with Crippen molar-refractivity contribution in [1.82, 2.24) is 20.0 Å². The van der Waals surface area contributed by atoms with Gasteiger partial charge in [0.2, 0.25) is 5.91 Å². The van der Waals surface area contributed by atoms with Gasteiger partial charge in [-0.15, -0.1) is 16.4 Å². The minimum atomic E-state index is 0.0238. The van der Waals surface area contributed by atoms with Gasteiger partial charge in [-0.3, -0.25) is 4.79 Å². The Morgan fingerprint density at radius 1 is 1.46 bits per heavy atom. The van der Waals surface area contributed by atoms with Crippen LogP contribution >= 0.6 is 11.3 Å². The van der Waals surface area contributed by atoms with Crippen LogP contribution in [0.2, 0.25) is 0 Å². The highest BCUT2D eigenvalue weighted by Crippen LogP contribution is 2.29. The molecule has 3 aliphatic rings. The molecule has 8 heteroatoms. The fourth-order valence-corrected chi connectivity index (χ4v) is 4.79. The van der Waals surface area contributed by atoms with Gasteiger partial charge in [-0.1, -0.05) is 26.0 Å². The second kappa shape index (κ2) is 6.74. The van der Waals surface area contributed by atoms with Gasteiger partial charge < -0.3 is 10.2 Å². The lowest BCUT2D eigenvalue weighted by molar-refractivity contribution is -0.945. The lowest BCUT2D eigenvalue weighted by atomic mass is 9.75. The molecule has 2 N–H and O–H groups in total. The number of amides is 1. The predicted molar refractivity (Wildman–Crippen MR) is 100 cm³/mol. The summed E-state index contributed by atoms with van der Waals surface area (Å²) in [6, 6.07) is 0.521. The molecule has 1 unspecified atom stereocenters. The van der Waals surface area contributed by atoms with Crippen LogP contribution in [0.4, 0.5) is 5.13 Å². The third kappa shape index (κ3) is 3.53. The molecule has 140 valence electrons. The van der Waals surface area contributed by atoms with Crippen molar-refractivity contribution in [3.05, 3.63) is 23.5 Å². The maximum atomic E-state index is 12.6. The Morgan fingerprint density at radius 3 is 2.92 bits per heavy atom. The monoisotopic (exact) mass is 375 g/mol. The van der Waals surface area contributed by atoms with E-state index in [4.69, 9.17) is 0 Å². The van der Waals surface area contributed by atoms with Crippen molar-refractivity contribution in [1.29, 1.82) is 0 Å². The lowest BCUT2D eigenvalue weighted by Gasteiger charge is -2.46. The van der Waals surface area contributed by atoms with E-state index in [2.05, 4.69) is 47.6 Å². The van der Waals surface area contributed by atoms with Crippen LogP contribution in [0.1, 0.15) is 39.3 Å². The van der Waals surface area contributed by atoms with Gasteiger partial charge in [0.05, 0.1) is 31.2 Å². The summed E-state index contributed by atoms with van der Waals surface area (Å²) < 4.78 is 1.99. The molecule has 0 aromatic carbocycles. The molecular weight excluding hydrogens is 348 g/mol. The van der Waals surface area contributed by atoms with E-state index >= 15 is 0 Å². The summed E-state index contributed by atoms with van der Waals surface area (Å²) in [5.41, 5.74) is 1.06. The minimum absolute atomic E-state index is 0.0238. The third-order valence-electron chi connectivity index (χ3n) is 5.77. The number of aromatic nitrogens is 4. The normalized spacial score (nSPS) is 28.3. The number of carbonyl (C=O) groups excluding carboxylic acids is 1. The highest BCUT2D eigenvalue weighted by atomic mass is 32.1. The summed E-state index contributed by atoms with van der Waals surface area (Å²) in [6.07, 6.45) is 6.01. The van der Waals surface area contributed by atoms with Gasteiger partial charge in [0.25, 0.3) is 0 Å². The molecule has 2 aromatic heterocycles. The number of piperidine rings is 3. The molecule has 2 bridgehead atoms. The quantitative estimate of drug-likeness (QED) is 0.835. The van der Waals surface area contributed by atoms with E-state index in [0.29, 0.717) is 17.1 Å². The van der Waals surface area contributed by atoms with Crippen LogP contribution in [-0.4, -0.2) is 45.0 Å². The zero-order chi connectivity index (χ0) is 18.3. The molecule has 3 aliphatic heterocycles. The molecule has 0 spiro atoms. The van der Waals surface area contributed by atoms with Gasteiger partial charge in [0, 0.05) is 36.0 Å². The number of anilines is 1. The summed E-state index contributed by atoms with van der Waals surface area (Å²) >= 11 is 1.47. The molecule has 5 heterocycles. The highest BCUT2D eigenvalue weighted by Gasteiger charge is 2.46. The summed E-state index contributed by atoms with van der Waals surface area (Å²) in [7, 11) is 0.